The third-order valence-corrected chi connectivity index (χ3v) is 4.72. The molecule has 28 heavy (non-hydrogen) atoms. The first kappa shape index (κ1) is 19.6. The molecule has 0 unspecified atom stereocenters. The van der Waals surface area contributed by atoms with Gasteiger partial charge in [0.25, 0.3) is 5.91 Å². The number of carbonyl (C=O) groups is 3. The molecule has 1 aliphatic rings. The van der Waals surface area contributed by atoms with E-state index in [1.807, 2.05) is 31.2 Å². The molecular formula is C22H24N2O4. The summed E-state index contributed by atoms with van der Waals surface area (Å²) in [6.45, 7) is 5.03. The minimum absolute atomic E-state index is 0.0346. The van der Waals surface area contributed by atoms with Gasteiger partial charge in [-0.15, -0.1) is 0 Å². The summed E-state index contributed by atoms with van der Waals surface area (Å²) >= 11 is 0. The molecule has 2 aromatic carbocycles. The molecule has 0 aromatic heterocycles. The number of esters is 1. The summed E-state index contributed by atoms with van der Waals surface area (Å²) in [4.78, 5) is 37.9. The Morgan fingerprint density at radius 2 is 1.82 bits per heavy atom. The fourth-order valence-electron chi connectivity index (χ4n) is 3.46. The van der Waals surface area contributed by atoms with Crippen LogP contribution in [0.25, 0.3) is 0 Å². The fraction of sp³-hybridized carbons (Fsp3) is 0.318. The molecule has 1 N–H and O–H groups in total. The molecule has 2 aromatic rings. The van der Waals surface area contributed by atoms with Gasteiger partial charge in [0, 0.05) is 24.3 Å². The molecule has 146 valence electrons. The lowest BCUT2D eigenvalue weighted by atomic mass is 10.1. The highest BCUT2D eigenvalue weighted by Gasteiger charge is 2.34. The van der Waals surface area contributed by atoms with E-state index >= 15 is 0 Å². The summed E-state index contributed by atoms with van der Waals surface area (Å²) in [5, 5.41) is 2.67. The number of nitrogens with zero attached hydrogens (tertiary/aromatic N) is 1. The van der Waals surface area contributed by atoms with Gasteiger partial charge in [0.1, 0.15) is 0 Å². The lowest BCUT2D eigenvalue weighted by molar-refractivity contribution is -0.153. The Hall–Kier alpha value is -3.15. The van der Waals surface area contributed by atoms with Crippen molar-refractivity contribution >= 4 is 29.2 Å². The number of anilines is 2. The molecule has 0 saturated heterocycles. The monoisotopic (exact) mass is 380 g/mol. The SMILES string of the molecule is CC(=O)Nc1ccc(CC(=O)O[C@H](C)C(=O)N2c3ccccc3C[C@@H]2C)cc1. The first-order chi connectivity index (χ1) is 13.3. The standard InChI is InChI=1S/C22H24N2O4/c1-14-12-18-6-4-5-7-20(18)24(14)22(27)15(2)28-21(26)13-17-8-10-19(11-9-17)23-16(3)25/h4-11,14-15H,12-13H2,1-3H3,(H,23,25)/t14-,15+/m0/s1. The van der Waals surface area contributed by atoms with E-state index in [2.05, 4.69) is 5.32 Å². The van der Waals surface area contributed by atoms with Gasteiger partial charge in [-0.25, -0.2) is 0 Å². The summed E-state index contributed by atoms with van der Waals surface area (Å²) in [6.07, 6.45) is -0.00683. The van der Waals surface area contributed by atoms with Crippen molar-refractivity contribution < 1.29 is 19.1 Å². The number of amides is 2. The molecule has 3 rings (SSSR count). The third kappa shape index (κ3) is 4.39. The molecule has 0 saturated carbocycles. The highest BCUT2D eigenvalue weighted by atomic mass is 16.5. The van der Waals surface area contributed by atoms with Crippen LogP contribution >= 0.6 is 0 Å². The van der Waals surface area contributed by atoms with Crippen LogP contribution in [0.3, 0.4) is 0 Å². The van der Waals surface area contributed by atoms with E-state index in [9.17, 15) is 14.4 Å². The van der Waals surface area contributed by atoms with E-state index in [0.717, 1.165) is 23.2 Å². The molecule has 0 radical (unpaired) electrons. The maximum atomic E-state index is 12.9. The Labute approximate surface area is 164 Å². The van der Waals surface area contributed by atoms with Crippen LogP contribution in [-0.2, 0) is 32.0 Å². The van der Waals surface area contributed by atoms with Crippen LogP contribution in [0, 0.1) is 0 Å². The lowest BCUT2D eigenvalue weighted by Crippen LogP contribution is -2.43. The Bertz CT molecular complexity index is 892. The molecule has 6 nitrogen and oxygen atoms in total. The van der Waals surface area contributed by atoms with Gasteiger partial charge in [-0.1, -0.05) is 30.3 Å². The van der Waals surface area contributed by atoms with Crippen molar-refractivity contribution in [2.24, 2.45) is 0 Å². The molecule has 0 aliphatic carbocycles. The van der Waals surface area contributed by atoms with Crippen molar-refractivity contribution in [2.75, 3.05) is 10.2 Å². The Balaban J connectivity index is 1.59. The molecule has 1 heterocycles. The zero-order valence-corrected chi connectivity index (χ0v) is 16.3. The van der Waals surface area contributed by atoms with Crippen LogP contribution in [0.15, 0.2) is 48.5 Å². The molecule has 0 spiro atoms. The summed E-state index contributed by atoms with van der Waals surface area (Å²) < 4.78 is 5.39. The summed E-state index contributed by atoms with van der Waals surface area (Å²) in [7, 11) is 0. The quantitative estimate of drug-likeness (QED) is 0.809. The average molecular weight is 380 g/mol. The zero-order chi connectivity index (χ0) is 20.3. The van der Waals surface area contributed by atoms with Crippen LogP contribution < -0.4 is 10.2 Å². The van der Waals surface area contributed by atoms with Gasteiger partial charge in [0.15, 0.2) is 6.10 Å². The molecular weight excluding hydrogens is 356 g/mol. The highest BCUT2D eigenvalue weighted by molar-refractivity contribution is 5.99. The van der Waals surface area contributed by atoms with Crippen LogP contribution in [0.5, 0.6) is 0 Å². The van der Waals surface area contributed by atoms with E-state index in [1.165, 1.54) is 6.92 Å². The number of para-hydroxylation sites is 1. The molecule has 0 fully saturated rings. The fourth-order valence-corrected chi connectivity index (χ4v) is 3.46. The van der Waals surface area contributed by atoms with Gasteiger partial charge >= 0.3 is 5.97 Å². The van der Waals surface area contributed by atoms with Crippen molar-refractivity contribution in [2.45, 2.75) is 45.8 Å². The summed E-state index contributed by atoms with van der Waals surface area (Å²) in [6, 6.07) is 14.8. The van der Waals surface area contributed by atoms with Crippen molar-refractivity contribution in [3.05, 3.63) is 59.7 Å². The molecule has 0 bridgehead atoms. The van der Waals surface area contributed by atoms with Gasteiger partial charge in [-0.05, 0) is 49.6 Å². The number of nitrogens with one attached hydrogen (secondary N) is 1. The highest BCUT2D eigenvalue weighted by Crippen LogP contribution is 2.32. The zero-order valence-electron chi connectivity index (χ0n) is 16.3. The van der Waals surface area contributed by atoms with Crippen LogP contribution in [0.1, 0.15) is 31.9 Å². The normalized spacial score (nSPS) is 16.2. The first-order valence-electron chi connectivity index (χ1n) is 9.32. The Kier molecular flexibility index (Phi) is 5.78. The van der Waals surface area contributed by atoms with Gasteiger partial charge in [0.05, 0.1) is 6.42 Å². The minimum atomic E-state index is -0.861. The smallest absolute Gasteiger partial charge is 0.311 e. The number of fused-ring (bicyclic) bond motifs is 1. The van der Waals surface area contributed by atoms with Crippen molar-refractivity contribution in [1.82, 2.24) is 0 Å². The van der Waals surface area contributed by atoms with E-state index < -0.39 is 12.1 Å². The topological polar surface area (TPSA) is 75.7 Å². The number of benzene rings is 2. The minimum Gasteiger partial charge on any atom is -0.452 e. The van der Waals surface area contributed by atoms with E-state index in [-0.39, 0.29) is 24.3 Å². The maximum Gasteiger partial charge on any atom is 0.311 e. The molecule has 6 heteroatoms. The van der Waals surface area contributed by atoms with Crippen LogP contribution in [-0.4, -0.2) is 29.9 Å². The second-order valence-electron chi connectivity index (χ2n) is 7.08. The predicted octanol–water partition coefficient (Wildman–Crippen LogP) is 3.10. The predicted molar refractivity (Wildman–Crippen MR) is 107 cm³/mol. The summed E-state index contributed by atoms with van der Waals surface area (Å²) in [5.74, 6) is -0.836. The average Bonchev–Trinajstić information content (AvgIpc) is 2.97. The lowest BCUT2D eigenvalue weighted by Gasteiger charge is -2.26. The van der Waals surface area contributed by atoms with Crippen LogP contribution in [0.4, 0.5) is 11.4 Å². The van der Waals surface area contributed by atoms with E-state index in [1.54, 1.807) is 36.1 Å². The molecule has 1 aliphatic heterocycles. The van der Waals surface area contributed by atoms with E-state index in [0.29, 0.717) is 5.69 Å². The number of carbonyl (C=O) groups excluding carboxylic acids is 3. The van der Waals surface area contributed by atoms with Crippen molar-refractivity contribution in [1.29, 1.82) is 0 Å². The van der Waals surface area contributed by atoms with Gasteiger partial charge < -0.3 is 15.0 Å². The second kappa shape index (κ2) is 8.25. The largest absolute Gasteiger partial charge is 0.452 e. The number of hydrogen-bond donors (Lipinski definition) is 1. The number of hydrogen-bond acceptors (Lipinski definition) is 4. The number of ether oxygens (including phenoxy) is 1. The Morgan fingerprint density at radius 1 is 1.14 bits per heavy atom. The summed E-state index contributed by atoms with van der Waals surface area (Å²) in [5.41, 5.74) is 3.42. The second-order valence-corrected chi connectivity index (χ2v) is 7.08. The first-order valence-corrected chi connectivity index (χ1v) is 9.32. The molecule has 2 atom stereocenters. The van der Waals surface area contributed by atoms with Gasteiger partial charge in [-0.3, -0.25) is 14.4 Å². The maximum absolute atomic E-state index is 12.9. The third-order valence-electron chi connectivity index (χ3n) is 4.72. The van der Waals surface area contributed by atoms with E-state index in [4.69, 9.17) is 4.74 Å². The van der Waals surface area contributed by atoms with Crippen molar-refractivity contribution in [3.63, 3.8) is 0 Å². The molecule has 2 amide bonds. The number of rotatable bonds is 5. The van der Waals surface area contributed by atoms with Crippen molar-refractivity contribution in [3.8, 4) is 0 Å². The van der Waals surface area contributed by atoms with Crippen LogP contribution in [0.2, 0.25) is 0 Å². The Morgan fingerprint density at radius 3 is 2.50 bits per heavy atom. The van der Waals surface area contributed by atoms with Gasteiger partial charge in [0.2, 0.25) is 5.91 Å². The van der Waals surface area contributed by atoms with Gasteiger partial charge in [-0.2, -0.15) is 0 Å².